The number of nitrogens with one attached hydrogen (secondary N) is 1. The van der Waals surface area contributed by atoms with Crippen LogP contribution in [0.5, 0.6) is 0 Å². The summed E-state index contributed by atoms with van der Waals surface area (Å²) < 4.78 is 0. The quantitative estimate of drug-likeness (QED) is 0.379. The molecule has 1 amide bonds. The first kappa shape index (κ1) is 12.0. The number of rotatable bonds is 3. The number of hydrogen-bond acceptors (Lipinski definition) is 4. The maximum absolute atomic E-state index is 11.6. The van der Waals surface area contributed by atoms with Gasteiger partial charge in [-0.2, -0.15) is 0 Å². The van der Waals surface area contributed by atoms with E-state index >= 15 is 0 Å². The van der Waals surface area contributed by atoms with Crippen molar-refractivity contribution in [2.75, 3.05) is 6.54 Å². The van der Waals surface area contributed by atoms with Crippen molar-refractivity contribution in [3.63, 3.8) is 0 Å². The van der Waals surface area contributed by atoms with Crippen LogP contribution in [0.15, 0.2) is 30.3 Å². The summed E-state index contributed by atoms with van der Waals surface area (Å²) in [4.78, 5) is 13.5. The van der Waals surface area contributed by atoms with Gasteiger partial charge >= 0.3 is 0 Å². The fraction of sp³-hybridized carbons (Fsp3) is 0.417. The number of carbonyl (C=O) groups excluding carboxylic acids is 1. The van der Waals surface area contributed by atoms with Gasteiger partial charge in [-0.25, -0.2) is 5.84 Å². The van der Waals surface area contributed by atoms with E-state index in [-0.39, 0.29) is 11.9 Å². The highest BCUT2D eigenvalue weighted by molar-refractivity contribution is 5.81. The number of nitrogens with zero attached hydrogens (tertiary/aromatic N) is 1. The topological polar surface area (TPSA) is 78.6 Å². The van der Waals surface area contributed by atoms with E-state index in [1.54, 1.807) is 0 Å². The van der Waals surface area contributed by atoms with Crippen LogP contribution in [0, 0.1) is 0 Å². The third kappa shape index (κ3) is 2.82. The van der Waals surface area contributed by atoms with Crippen LogP contribution in [0.2, 0.25) is 0 Å². The van der Waals surface area contributed by atoms with Crippen molar-refractivity contribution in [3.05, 3.63) is 35.9 Å². The fourth-order valence-electron chi connectivity index (χ4n) is 2.24. The molecule has 1 saturated heterocycles. The predicted molar refractivity (Wildman–Crippen MR) is 63.6 cm³/mol. The van der Waals surface area contributed by atoms with Gasteiger partial charge in [0.1, 0.15) is 0 Å². The zero-order chi connectivity index (χ0) is 12.3. The molecule has 0 aromatic heterocycles. The lowest BCUT2D eigenvalue weighted by Gasteiger charge is -2.22. The van der Waals surface area contributed by atoms with E-state index in [0.717, 1.165) is 5.56 Å². The fourth-order valence-corrected chi connectivity index (χ4v) is 2.24. The second-order valence-electron chi connectivity index (χ2n) is 4.33. The van der Waals surface area contributed by atoms with Gasteiger partial charge in [-0.1, -0.05) is 30.3 Å². The zero-order valence-corrected chi connectivity index (χ0v) is 9.54. The molecule has 1 aliphatic rings. The molecule has 2 rings (SSSR count). The van der Waals surface area contributed by atoms with Crippen molar-refractivity contribution >= 4 is 5.91 Å². The molecule has 92 valence electrons. The molecule has 0 saturated carbocycles. The first-order chi connectivity index (χ1) is 8.20. The molecule has 1 aromatic rings. The van der Waals surface area contributed by atoms with Gasteiger partial charge < -0.3 is 5.11 Å². The summed E-state index contributed by atoms with van der Waals surface area (Å²) in [6, 6.07) is 9.53. The summed E-state index contributed by atoms with van der Waals surface area (Å²) in [5.74, 6) is 4.91. The summed E-state index contributed by atoms with van der Waals surface area (Å²) in [7, 11) is 0. The Labute approximate surface area is 100 Å². The van der Waals surface area contributed by atoms with Crippen molar-refractivity contribution in [1.82, 2.24) is 10.3 Å². The van der Waals surface area contributed by atoms with E-state index in [1.165, 1.54) is 0 Å². The Morgan fingerprint density at radius 3 is 2.82 bits per heavy atom. The molecule has 0 aliphatic carbocycles. The minimum atomic E-state index is -0.457. The van der Waals surface area contributed by atoms with Gasteiger partial charge in [0.15, 0.2) is 0 Å². The van der Waals surface area contributed by atoms with Crippen molar-refractivity contribution in [2.45, 2.75) is 25.1 Å². The first-order valence-corrected chi connectivity index (χ1v) is 5.67. The largest absolute Gasteiger partial charge is 0.392 e. The SMILES string of the molecule is NNC(=O)[C@@H]1CC(O)CN1Cc1ccccc1. The van der Waals surface area contributed by atoms with Gasteiger partial charge in [-0.15, -0.1) is 0 Å². The van der Waals surface area contributed by atoms with Crippen LogP contribution in [0.1, 0.15) is 12.0 Å². The number of benzene rings is 1. The van der Waals surface area contributed by atoms with Crippen molar-refractivity contribution < 1.29 is 9.90 Å². The van der Waals surface area contributed by atoms with Gasteiger partial charge in [-0.3, -0.25) is 15.1 Å². The van der Waals surface area contributed by atoms with Gasteiger partial charge in [0, 0.05) is 13.1 Å². The molecule has 1 heterocycles. The molecule has 5 nitrogen and oxygen atoms in total. The van der Waals surface area contributed by atoms with E-state index in [1.807, 2.05) is 35.2 Å². The lowest BCUT2D eigenvalue weighted by atomic mass is 10.1. The van der Waals surface area contributed by atoms with E-state index in [0.29, 0.717) is 19.5 Å². The smallest absolute Gasteiger partial charge is 0.251 e. The number of aliphatic hydroxyl groups excluding tert-OH is 1. The van der Waals surface area contributed by atoms with E-state index in [4.69, 9.17) is 5.84 Å². The van der Waals surface area contributed by atoms with Crippen LogP contribution in [0.3, 0.4) is 0 Å². The molecule has 1 aromatic carbocycles. The molecule has 17 heavy (non-hydrogen) atoms. The maximum atomic E-state index is 11.6. The summed E-state index contributed by atoms with van der Waals surface area (Å²) in [5.41, 5.74) is 3.27. The lowest BCUT2D eigenvalue weighted by Crippen LogP contribution is -2.45. The van der Waals surface area contributed by atoms with Crippen LogP contribution in [0.25, 0.3) is 0 Å². The minimum absolute atomic E-state index is 0.238. The van der Waals surface area contributed by atoms with Gasteiger partial charge in [0.2, 0.25) is 0 Å². The lowest BCUT2D eigenvalue weighted by molar-refractivity contribution is -0.125. The number of amides is 1. The molecule has 0 radical (unpaired) electrons. The van der Waals surface area contributed by atoms with Crippen LogP contribution >= 0.6 is 0 Å². The second kappa shape index (κ2) is 5.27. The van der Waals surface area contributed by atoms with Gasteiger partial charge in [-0.05, 0) is 12.0 Å². The molecular formula is C12H17N3O2. The Kier molecular flexibility index (Phi) is 3.73. The molecule has 5 heteroatoms. The highest BCUT2D eigenvalue weighted by Gasteiger charge is 2.35. The van der Waals surface area contributed by atoms with Crippen LogP contribution in [-0.4, -0.2) is 34.6 Å². The average molecular weight is 235 g/mol. The number of hydrogen-bond donors (Lipinski definition) is 3. The number of likely N-dealkylation sites (tertiary alicyclic amines) is 1. The molecule has 1 aliphatic heterocycles. The third-order valence-electron chi connectivity index (χ3n) is 3.05. The molecule has 0 bridgehead atoms. The Balaban J connectivity index is 2.06. The van der Waals surface area contributed by atoms with E-state index in [9.17, 15) is 9.90 Å². The normalized spacial score (nSPS) is 24.8. The Morgan fingerprint density at radius 2 is 2.18 bits per heavy atom. The van der Waals surface area contributed by atoms with Crippen molar-refractivity contribution in [2.24, 2.45) is 5.84 Å². The summed E-state index contributed by atoms with van der Waals surface area (Å²) >= 11 is 0. The molecule has 1 unspecified atom stereocenters. The average Bonchev–Trinajstić information content (AvgIpc) is 2.70. The Morgan fingerprint density at radius 1 is 1.47 bits per heavy atom. The number of hydrazine groups is 1. The molecule has 1 fully saturated rings. The van der Waals surface area contributed by atoms with Gasteiger partial charge in [0.25, 0.3) is 5.91 Å². The van der Waals surface area contributed by atoms with E-state index < -0.39 is 6.10 Å². The summed E-state index contributed by atoms with van der Waals surface area (Å²) in [6.45, 7) is 1.16. The minimum Gasteiger partial charge on any atom is -0.392 e. The highest BCUT2D eigenvalue weighted by atomic mass is 16.3. The molecule has 0 spiro atoms. The van der Waals surface area contributed by atoms with Crippen LogP contribution in [-0.2, 0) is 11.3 Å². The van der Waals surface area contributed by atoms with E-state index in [2.05, 4.69) is 5.43 Å². The highest BCUT2D eigenvalue weighted by Crippen LogP contribution is 2.20. The van der Waals surface area contributed by atoms with Gasteiger partial charge in [0.05, 0.1) is 12.1 Å². The number of β-amino-alcohol motifs (C(OH)–C–C–N with tert-alkyl or cyclic N) is 1. The number of nitrogens with two attached hydrogens (primary N) is 1. The predicted octanol–water partition coefficient (Wildman–Crippen LogP) is -0.388. The maximum Gasteiger partial charge on any atom is 0.251 e. The number of aliphatic hydroxyl groups is 1. The third-order valence-corrected chi connectivity index (χ3v) is 3.05. The molecule has 2 atom stereocenters. The Bertz CT molecular complexity index is 383. The zero-order valence-electron chi connectivity index (χ0n) is 9.54. The summed E-state index contributed by atoms with van der Waals surface area (Å²) in [6.07, 6.45) is -0.0171. The van der Waals surface area contributed by atoms with Crippen molar-refractivity contribution in [1.29, 1.82) is 0 Å². The van der Waals surface area contributed by atoms with Crippen LogP contribution in [0.4, 0.5) is 0 Å². The molecular weight excluding hydrogens is 218 g/mol. The van der Waals surface area contributed by atoms with Crippen LogP contribution < -0.4 is 11.3 Å². The molecule has 4 N–H and O–H groups in total. The standard InChI is InChI=1S/C12H17N3O2/c13-14-12(17)11-6-10(16)8-15(11)7-9-4-2-1-3-5-9/h1-5,10-11,16H,6-8,13H2,(H,14,17)/t10?,11-/m0/s1. The first-order valence-electron chi connectivity index (χ1n) is 5.67. The monoisotopic (exact) mass is 235 g/mol. The Hall–Kier alpha value is -1.43. The van der Waals surface area contributed by atoms with Crippen molar-refractivity contribution in [3.8, 4) is 0 Å². The number of carbonyl (C=O) groups is 1. The summed E-state index contributed by atoms with van der Waals surface area (Å²) in [5, 5.41) is 9.63. The second-order valence-corrected chi connectivity index (χ2v) is 4.33.